The van der Waals surface area contributed by atoms with Crippen molar-refractivity contribution >= 4 is 45.2 Å². The Labute approximate surface area is 230 Å². The maximum Gasteiger partial charge on any atom is 0.257 e. The maximum atomic E-state index is 13.1. The van der Waals surface area contributed by atoms with Crippen LogP contribution in [0.1, 0.15) is 49.4 Å². The molecule has 38 heavy (non-hydrogen) atoms. The number of amides is 1. The average molecular weight is 555 g/mol. The van der Waals surface area contributed by atoms with Crippen LogP contribution in [0.5, 0.6) is 17.2 Å². The lowest BCUT2D eigenvalue weighted by molar-refractivity contribution is 0.0976. The lowest BCUT2D eigenvalue weighted by Gasteiger charge is -2.17. The number of aromatic nitrogens is 4. The third-order valence-electron chi connectivity index (χ3n) is 5.49. The van der Waals surface area contributed by atoms with Gasteiger partial charge in [-0.1, -0.05) is 18.3 Å². The van der Waals surface area contributed by atoms with Gasteiger partial charge in [0, 0.05) is 23.2 Å². The van der Waals surface area contributed by atoms with E-state index in [9.17, 15) is 4.79 Å². The van der Waals surface area contributed by atoms with Crippen LogP contribution in [0.3, 0.4) is 0 Å². The van der Waals surface area contributed by atoms with Crippen molar-refractivity contribution < 1.29 is 19.0 Å². The van der Waals surface area contributed by atoms with Crippen LogP contribution >= 0.6 is 23.6 Å². The fraction of sp³-hybridized carbons (Fsp3) is 0.346. The van der Waals surface area contributed by atoms with E-state index in [1.54, 1.807) is 16.6 Å². The van der Waals surface area contributed by atoms with Gasteiger partial charge in [-0.15, -0.1) is 10.2 Å². The summed E-state index contributed by atoms with van der Waals surface area (Å²) in [7, 11) is 0. The van der Waals surface area contributed by atoms with Gasteiger partial charge in [-0.2, -0.15) is 9.61 Å². The Bertz CT molecular complexity index is 1440. The Morgan fingerprint density at radius 3 is 2.29 bits per heavy atom. The number of aryl methyl sites for hydroxylation is 2. The summed E-state index contributed by atoms with van der Waals surface area (Å²) in [5, 5.41) is 19.8. The highest BCUT2D eigenvalue weighted by molar-refractivity contribution is 7.80. The number of carbonyl (C=O) groups excluding carboxylic acids is 1. The lowest BCUT2D eigenvalue weighted by Crippen LogP contribution is -2.34. The summed E-state index contributed by atoms with van der Waals surface area (Å²) in [6.07, 6.45) is 0.756. The van der Waals surface area contributed by atoms with E-state index in [4.69, 9.17) is 26.4 Å². The molecule has 0 atom stereocenters. The number of anilines is 1. The number of ether oxygens (including phenoxy) is 3. The summed E-state index contributed by atoms with van der Waals surface area (Å²) >= 11 is 6.91. The van der Waals surface area contributed by atoms with Gasteiger partial charge in [0.2, 0.25) is 10.7 Å². The average Bonchev–Trinajstić information content (AvgIpc) is 3.48. The van der Waals surface area contributed by atoms with E-state index in [1.165, 1.54) is 11.3 Å². The minimum absolute atomic E-state index is 0.169. The number of hydrogen-bond acceptors (Lipinski definition) is 9. The predicted octanol–water partition coefficient (Wildman–Crippen LogP) is 5.05. The second-order valence-corrected chi connectivity index (χ2v) is 9.47. The van der Waals surface area contributed by atoms with Crippen LogP contribution in [0.2, 0.25) is 0 Å². The van der Waals surface area contributed by atoms with Crippen LogP contribution in [-0.2, 0) is 6.42 Å². The molecule has 0 bridgehead atoms. The fourth-order valence-electron chi connectivity index (χ4n) is 3.78. The minimum Gasteiger partial charge on any atom is -0.490 e. The van der Waals surface area contributed by atoms with E-state index in [0.717, 1.165) is 39.0 Å². The molecule has 2 heterocycles. The number of thiocarbonyl (C=S) groups is 1. The smallest absolute Gasteiger partial charge is 0.257 e. The summed E-state index contributed by atoms with van der Waals surface area (Å²) in [5.41, 5.74) is 3.01. The van der Waals surface area contributed by atoms with Crippen molar-refractivity contribution in [2.45, 2.75) is 41.0 Å². The first-order valence-corrected chi connectivity index (χ1v) is 13.6. The molecular weight excluding hydrogens is 524 g/mol. The van der Waals surface area contributed by atoms with Crippen molar-refractivity contribution in [2.75, 3.05) is 25.1 Å². The third-order valence-corrected chi connectivity index (χ3v) is 6.64. The van der Waals surface area contributed by atoms with Gasteiger partial charge in [0.1, 0.15) is 5.01 Å². The highest BCUT2D eigenvalue weighted by Crippen LogP contribution is 2.39. The number of benzene rings is 2. The van der Waals surface area contributed by atoms with Crippen LogP contribution in [0, 0.1) is 6.92 Å². The third kappa shape index (κ3) is 5.86. The van der Waals surface area contributed by atoms with E-state index in [1.807, 2.05) is 52.8 Å². The summed E-state index contributed by atoms with van der Waals surface area (Å²) in [6, 6.07) is 9.12. The van der Waals surface area contributed by atoms with E-state index in [2.05, 4.69) is 25.9 Å². The van der Waals surface area contributed by atoms with Crippen LogP contribution in [0.25, 0.3) is 15.5 Å². The highest BCUT2D eigenvalue weighted by atomic mass is 32.1. The van der Waals surface area contributed by atoms with Gasteiger partial charge in [-0.3, -0.25) is 10.1 Å². The number of nitrogens with one attached hydrogen (secondary N) is 2. The molecule has 0 aliphatic heterocycles. The molecule has 0 radical (unpaired) electrons. The molecule has 4 aromatic rings. The quantitative estimate of drug-likeness (QED) is 0.260. The Balaban J connectivity index is 1.49. The first kappa shape index (κ1) is 27.3. The number of nitrogens with zero attached hydrogens (tertiary/aromatic N) is 4. The number of fused-ring (bicyclic) bond motifs is 1. The van der Waals surface area contributed by atoms with E-state index in [-0.39, 0.29) is 5.11 Å². The maximum absolute atomic E-state index is 13.1. The molecule has 10 nitrogen and oxygen atoms in total. The first-order valence-electron chi connectivity index (χ1n) is 12.4. The molecule has 2 aromatic heterocycles. The Morgan fingerprint density at radius 1 is 1.00 bits per heavy atom. The Kier molecular flexibility index (Phi) is 8.74. The fourth-order valence-corrected chi connectivity index (χ4v) is 4.84. The summed E-state index contributed by atoms with van der Waals surface area (Å²) in [4.78, 5) is 13.8. The van der Waals surface area contributed by atoms with Gasteiger partial charge in [0.15, 0.2) is 22.4 Å². The Hall–Kier alpha value is -3.77. The summed E-state index contributed by atoms with van der Waals surface area (Å²) in [5.74, 6) is 1.78. The van der Waals surface area contributed by atoms with Gasteiger partial charge in [-0.05, 0) is 75.8 Å². The van der Waals surface area contributed by atoms with Gasteiger partial charge in [-0.25, -0.2) is 0 Å². The monoisotopic (exact) mass is 554 g/mol. The number of hydrogen-bond donors (Lipinski definition) is 2. The van der Waals surface area contributed by atoms with Crippen molar-refractivity contribution in [1.29, 1.82) is 0 Å². The molecular formula is C26H30N6O4S2. The molecule has 0 aliphatic rings. The second kappa shape index (κ2) is 12.2. The summed E-state index contributed by atoms with van der Waals surface area (Å²) in [6.45, 7) is 10.8. The van der Waals surface area contributed by atoms with Crippen molar-refractivity contribution in [1.82, 2.24) is 25.1 Å². The first-order chi connectivity index (χ1) is 18.4. The van der Waals surface area contributed by atoms with Gasteiger partial charge in [0.05, 0.1) is 19.8 Å². The van der Waals surface area contributed by atoms with Crippen LogP contribution in [0.15, 0.2) is 30.3 Å². The van der Waals surface area contributed by atoms with Crippen molar-refractivity contribution in [2.24, 2.45) is 0 Å². The molecule has 2 N–H and O–H groups in total. The van der Waals surface area contributed by atoms with E-state index in [0.29, 0.717) is 42.6 Å². The zero-order valence-corrected chi connectivity index (χ0v) is 23.6. The summed E-state index contributed by atoms with van der Waals surface area (Å²) < 4.78 is 18.9. The molecule has 0 fully saturated rings. The van der Waals surface area contributed by atoms with Crippen molar-refractivity contribution in [3.63, 3.8) is 0 Å². The molecule has 200 valence electrons. The van der Waals surface area contributed by atoms with E-state index < -0.39 is 5.91 Å². The second-order valence-electron chi connectivity index (χ2n) is 8.11. The highest BCUT2D eigenvalue weighted by Gasteiger charge is 2.19. The topological polar surface area (TPSA) is 112 Å². The molecule has 1 amide bonds. The standard InChI is InChI=1S/C26H30N6O4S2/c1-6-21-29-30-26-32(21)31-24(38-26)16-10-11-18(15(5)12-16)27-25(37)28-23(33)17-13-19(34-7-2)22(36-9-4)20(14-17)35-8-3/h10-14H,6-9H2,1-5H3,(H2,27,28,33,37). The Morgan fingerprint density at radius 2 is 1.68 bits per heavy atom. The molecule has 0 saturated heterocycles. The van der Waals surface area contributed by atoms with Crippen LogP contribution in [0.4, 0.5) is 5.69 Å². The van der Waals surface area contributed by atoms with Gasteiger partial charge >= 0.3 is 0 Å². The zero-order valence-electron chi connectivity index (χ0n) is 22.0. The lowest BCUT2D eigenvalue weighted by atomic mass is 10.1. The molecule has 0 saturated carbocycles. The molecule has 4 rings (SSSR count). The largest absolute Gasteiger partial charge is 0.490 e. The molecule has 0 aliphatic carbocycles. The number of rotatable bonds is 10. The molecule has 2 aromatic carbocycles. The SMILES string of the molecule is CCOc1cc(C(=O)NC(=S)Nc2ccc(-c3nn4c(CC)nnc4s3)cc2C)cc(OCC)c1OCC. The zero-order chi connectivity index (χ0) is 27.2. The van der Waals surface area contributed by atoms with Crippen molar-refractivity contribution in [3.8, 4) is 27.8 Å². The van der Waals surface area contributed by atoms with Crippen molar-refractivity contribution in [3.05, 3.63) is 47.3 Å². The van der Waals surface area contributed by atoms with Crippen LogP contribution in [-0.4, -0.2) is 50.7 Å². The molecule has 0 spiro atoms. The molecule has 12 heteroatoms. The molecule has 0 unspecified atom stereocenters. The minimum atomic E-state index is -0.395. The van der Waals surface area contributed by atoms with Crippen LogP contribution < -0.4 is 24.8 Å². The van der Waals surface area contributed by atoms with Gasteiger partial charge in [0.25, 0.3) is 5.91 Å². The normalized spacial score (nSPS) is 10.9. The van der Waals surface area contributed by atoms with E-state index >= 15 is 0 Å². The number of carbonyl (C=O) groups is 1. The van der Waals surface area contributed by atoms with Gasteiger partial charge < -0.3 is 19.5 Å². The predicted molar refractivity (Wildman–Crippen MR) is 152 cm³/mol.